The highest BCUT2D eigenvalue weighted by molar-refractivity contribution is 6.36. The molecule has 2 amide bonds. The average Bonchev–Trinajstić information content (AvgIpc) is 2.93. The fourth-order valence-electron chi connectivity index (χ4n) is 4.02. The van der Waals surface area contributed by atoms with Crippen LogP contribution in [0.3, 0.4) is 0 Å². The van der Waals surface area contributed by atoms with E-state index in [1.807, 2.05) is 76.2 Å². The largest absolute Gasteiger partial charge is 0.350 e. The summed E-state index contributed by atoms with van der Waals surface area (Å²) in [4.78, 5) is 32.4. The van der Waals surface area contributed by atoms with E-state index < -0.39 is 0 Å². The number of amides is 2. The summed E-state index contributed by atoms with van der Waals surface area (Å²) < 4.78 is 0. The smallest absolute Gasteiger partial charge is 0.278 e. The molecule has 0 radical (unpaired) electrons. The second-order valence-corrected chi connectivity index (χ2v) is 8.09. The number of hydrogen-bond donors (Lipinski definition) is 1. The van der Waals surface area contributed by atoms with Gasteiger partial charge in [-0.2, -0.15) is 0 Å². The van der Waals surface area contributed by atoms with Crippen molar-refractivity contribution in [3.05, 3.63) is 100 Å². The summed E-state index contributed by atoms with van der Waals surface area (Å²) in [6, 6.07) is 17.4. The van der Waals surface area contributed by atoms with Crippen molar-refractivity contribution in [2.45, 2.75) is 34.2 Å². The Kier molecular flexibility index (Phi) is 5.42. The van der Waals surface area contributed by atoms with Crippen LogP contribution in [0.15, 0.2) is 66.5 Å². The number of carbonyl (C=O) groups is 2. The van der Waals surface area contributed by atoms with Gasteiger partial charge in [-0.25, -0.2) is 0 Å². The molecule has 3 aromatic rings. The lowest BCUT2D eigenvalue weighted by atomic mass is 9.97. The standard InChI is InChI=1S/C26H25N3O2/c1-16-8-9-22(19(4)12-16)23-24(28-21-13-17(2)11-18(3)14-21)26(31)29(25(23)30)15-20-7-5-6-10-27-20/h5-14,28H,15H2,1-4H3. The van der Waals surface area contributed by atoms with Gasteiger partial charge in [0.2, 0.25) is 0 Å². The first-order chi connectivity index (χ1) is 14.8. The van der Waals surface area contributed by atoms with E-state index in [4.69, 9.17) is 0 Å². The monoisotopic (exact) mass is 411 g/mol. The quantitative estimate of drug-likeness (QED) is 0.618. The van der Waals surface area contributed by atoms with Gasteiger partial charge in [0.1, 0.15) is 5.70 Å². The molecule has 31 heavy (non-hydrogen) atoms. The van der Waals surface area contributed by atoms with Gasteiger partial charge in [-0.3, -0.25) is 19.5 Å². The van der Waals surface area contributed by atoms with Crippen LogP contribution >= 0.6 is 0 Å². The number of benzene rings is 2. The molecule has 0 bridgehead atoms. The molecule has 5 nitrogen and oxygen atoms in total. The molecule has 1 aliphatic rings. The van der Waals surface area contributed by atoms with Crippen LogP contribution in [0.1, 0.15) is 33.5 Å². The zero-order valence-electron chi connectivity index (χ0n) is 18.2. The highest BCUT2D eigenvalue weighted by atomic mass is 16.2. The topological polar surface area (TPSA) is 62.3 Å². The zero-order chi connectivity index (χ0) is 22.1. The fraction of sp³-hybridized carbons (Fsp3) is 0.192. The number of aryl methyl sites for hydroxylation is 4. The Morgan fingerprint density at radius 3 is 2.23 bits per heavy atom. The molecule has 1 N–H and O–H groups in total. The number of hydrogen-bond acceptors (Lipinski definition) is 4. The molecule has 0 unspecified atom stereocenters. The number of pyridine rings is 1. The first-order valence-electron chi connectivity index (χ1n) is 10.3. The van der Waals surface area contributed by atoms with Gasteiger partial charge in [0.05, 0.1) is 17.8 Å². The highest BCUT2D eigenvalue weighted by Crippen LogP contribution is 2.33. The molecule has 4 rings (SSSR count). The minimum Gasteiger partial charge on any atom is -0.350 e. The SMILES string of the molecule is Cc1cc(C)cc(NC2=C(c3ccc(C)cc3C)C(=O)N(Cc3ccccn3)C2=O)c1. The molecule has 0 aliphatic carbocycles. The van der Waals surface area contributed by atoms with Gasteiger partial charge in [-0.15, -0.1) is 0 Å². The minimum atomic E-state index is -0.343. The molecule has 1 aromatic heterocycles. The lowest BCUT2D eigenvalue weighted by Gasteiger charge is -2.15. The summed E-state index contributed by atoms with van der Waals surface area (Å²) in [5.74, 6) is -0.653. The number of nitrogens with zero attached hydrogens (tertiary/aromatic N) is 2. The van der Waals surface area contributed by atoms with Crippen LogP contribution in [0.2, 0.25) is 0 Å². The third-order valence-electron chi connectivity index (χ3n) is 5.36. The molecule has 2 aromatic carbocycles. The number of rotatable bonds is 5. The lowest BCUT2D eigenvalue weighted by Crippen LogP contribution is -2.32. The van der Waals surface area contributed by atoms with E-state index in [-0.39, 0.29) is 18.4 Å². The average molecular weight is 412 g/mol. The third kappa shape index (κ3) is 4.12. The van der Waals surface area contributed by atoms with Gasteiger partial charge in [-0.05, 0) is 74.2 Å². The van der Waals surface area contributed by atoms with Crippen molar-refractivity contribution < 1.29 is 9.59 Å². The molecule has 0 fully saturated rings. The van der Waals surface area contributed by atoms with Gasteiger partial charge in [0.15, 0.2) is 0 Å². The first-order valence-corrected chi connectivity index (χ1v) is 10.3. The van der Waals surface area contributed by atoms with Crippen LogP contribution in [0.5, 0.6) is 0 Å². The van der Waals surface area contributed by atoms with Gasteiger partial charge in [0, 0.05) is 11.9 Å². The number of imide groups is 1. The van der Waals surface area contributed by atoms with E-state index in [1.54, 1.807) is 6.20 Å². The lowest BCUT2D eigenvalue weighted by molar-refractivity contribution is -0.137. The maximum Gasteiger partial charge on any atom is 0.278 e. The van der Waals surface area contributed by atoms with Crippen LogP contribution in [0.25, 0.3) is 5.57 Å². The van der Waals surface area contributed by atoms with Crippen molar-refractivity contribution >= 4 is 23.1 Å². The summed E-state index contributed by atoms with van der Waals surface area (Å²) in [7, 11) is 0. The molecule has 156 valence electrons. The Hall–Kier alpha value is -3.73. The molecule has 0 saturated heterocycles. The van der Waals surface area contributed by atoms with Crippen LogP contribution in [-0.4, -0.2) is 21.7 Å². The molecular weight excluding hydrogens is 386 g/mol. The molecular formula is C26H25N3O2. The van der Waals surface area contributed by atoms with Crippen LogP contribution < -0.4 is 5.32 Å². The summed E-state index contributed by atoms with van der Waals surface area (Å²) >= 11 is 0. The Balaban J connectivity index is 1.80. The van der Waals surface area contributed by atoms with Crippen LogP contribution in [-0.2, 0) is 16.1 Å². The second-order valence-electron chi connectivity index (χ2n) is 8.09. The number of carbonyl (C=O) groups excluding carboxylic acids is 2. The minimum absolute atomic E-state index is 0.130. The highest BCUT2D eigenvalue weighted by Gasteiger charge is 2.39. The van der Waals surface area contributed by atoms with Crippen molar-refractivity contribution in [2.75, 3.05) is 5.32 Å². The van der Waals surface area contributed by atoms with E-state index in [2.05, 4.69) is 16.4 Å². The summed E-state index contributed by atoms with van der Waals surface area (Å²) in [6.07, 6.45) is 1.66. The maximum atomic E-state index is 13.5. The molecule has 5 heteroatoms. The molecule has 2 heterocycles. The van der Waals surface area contributed by atoms with E-state index in [0.717, 1.165) is 33.5 Å². The van der Waals surface area contributed by atoms with Crippen LogP contribution in [0, 0.1) is 27.7 Å². The second kappa shape index (κ2) is 8.19. The van der Waals surface area contributed by atoms with Crippen molar-refractivity contribution in [3.63, 3.8) is 0 Å². The molecule has 0 spiro atoms. The Bertz CT molecular complexity index is 1190. The Morgan fingerprint density at radius 1 is 0.839 bits per heavy atom. The van der Waals surface area contributed by atoms with Crippen LogP contribution in [0.4, 0.5) is 5.69 Å². The molecule has 1 aliphatic heterocycles. The maximum absolute atomic E-state index is 13.5. The van der Waals surface area contributed by atoms with E-state index in [1.165, 1.54) is 4.90 Å². The normalized spacial score (nSPS) is 13.9. The van der Waals surface area contributed by atoms with Crippen molar-refractivity contribution in [1.82, 2.24) is 9.88 Å². The zero-order valence-corrected chi connectivity index (χ0v) is 18.2. The molecule has 0 saturated carbocycles. The number of nitrogens with one attached hydrogen (secondary N) is 1. The number of aromatic nitrogens is 1. The van der Waals surface area contributed by atoms with Gasteiger partial charge >= 0.3 is 0 Å². The predicted octanol–water partition coefficient (Wildman–Crippen LogP) is 4.71. The third-order valence-corrected chi connectivity index (χ3v) is 5.36. The predicted molar refractivity (Wildman–Crippen MR) is 122 cm³/mol. The summed E-state index contributed by atoms with van der Waals surface area (Å²) in [6.45, 7) is 8.11. The van der Waals surface area contributed by atoms with Gasteiger partial charge < -0.3 is 5.32 Å². The Labute approximate surface area is 182 Å². The van der Waals surface area contributed by atoms with Gasteiger partial charge in [0.25, 0.3) is 11.8 Å². The first kappa shape index (κ1) is 20.5. The van der Waals surface area contributed by atoms with E-state index in [9.17, 15) is 9.59 Å². The van der Waals surface area contributed by atoms with Crippen molar-refractivity contribution in [1.29, 1.82) is 0 Å². The summed E-state index contributed by atoms with van der Waals surface area (Å²) in [5.41, 5.74) is 7.14. The van der Waals surface area contributed by atoms with Crippen molar-refractivity contribution in [3.8, 4) is 0 Å². The van der Waals surface area contributed by atoms with Gasteiger partial charge in [-0.1, -0.05) is 35.9 Å². The van der Waals surface area contributed by atoms with E-state index >= 15 is 0 Å². The van der Waals surface area contributed by atoms with Crippen molar-refractivity contribution in [2.24, 2.45) is 0 Å². The summed E-state index contributed by atoms with van der Waals surface area (Å²) in [5, 5.41) is 3.26. The number of anilines is 1. The van der Waals surface area contributed by atoms with E-state index in [0.29, 0.717) is 17.0 Å². The molecule has 0 atom stereocenters. The fourth-order valence-corrected chi connectivity index (χ4v) is 4.02. The Morgan fingerprint density at radius 2 is 1.58 bits per heavy atom.